The van der Waals surface area contributed by atoms with Crippen LogP contribution in [-0.4, -0.2) is 39.1 Å². The predicted molar refractivity (Wildman–Crippen MR) is 79.3 cm³/mol. The van der Waals surface area contributed by atoms with E-state index in [0.29, 0.717) is 29.2 Å². The molecule has 1 aromatic rings. The van der Waals surface area contributed by atoms with Crippen molar-refractivity contribution in [3.8, 4) is 17.2 Å². The van der Waals surface area contributed by atoms with Crippen LogP contribution in [0.1, 0.15) is 37.4 Å². The van der Waals surface area contributed by atoms with Gasteiger partial charge < -0.3 is 24.1 Å². The zero-order valence-electron chi connectivity index (χ0n) is 13.1. The van der Waals surface area contributed by atoms with Crippen LogP contribution >= 0.6 is 0 Å². The van der Waals surface area contributed by atoms with E-state index in [1.807, 2.05) is 0 Å². The molecule has 1 fully saturated rings. The molecule has 1 aliphatic rings. The molecule has 5 heteroatoms. The summed E-state index contributed by atoms with van der Waals surface area (Å²) in [5.41, 5.74) is 0.416. The Hall–Kier alpha value is -1.46. The van der Waals surface area contributed by atoms with E-state index in [9.17, 15) is 5.11 Å². The van der Waals surface area contributed by atoms with E-state index in [-0.39, 0.29) is 5.60 Å². The molecular weight excluding hydrogens is 272 g/mol. The molecule has 118 valence electrons. The molecule has 0 saturated heterocycles. The van der Waals surface area contributed by atoms with Gasteiger partial charge in [0.05, 0.1) is 38.6 Å². The van der Waals surface area contributed by atoms with Gasteiger partial charge in [0.15, 0.2) is 0 Å². The van der Waals surface area contributed by atoms with E-state index in [0.717, 1.165) is 19.3 Å². The van der Waals surface area contributed by atoms with Gasteiger partial charge in [-0.05, 0) is 19.3 Å². The number of benzene rings is 1. The number of hydrogen-bond donors (Lipinski definition) is 1. The summed E-state index contributed by atoms with van der Waals surface area (Å²) in [6.45, 7) is 0. The lowest BCUT2D eigenvalue weighted by molar-refractivity contribution is -0.100. The highest BCUT2D eigenvalue weighted by molar-refractivity contribution is 5.52. The molecule has 0 bridgehead atoms. The van der Waals surface area contributed by atoms with Crippen LogP contribution in [0.5, 0.6) is 17.2 Å². The van der Waals surface area contributed by atoms with Crippen molar-refractivity contribution in [3.05, 3.63) is 17.7 Å². The van der Waals surface area contributed by atoms with Gasteiger partial charge in [-0.1, -0.05) is 0 Å². The second kappa shape index (κ2) is 6.54. The molecule has 0 radical (unpaired) electrons. The summed E-state index contributed by atoms with van der Waals surface area (Å²) in [6, 6.07) is 3.50. The molecule has 0 spiro atoms. The highest BCUT2D eigenvalue weighted by Gasteiger charge is 2.40. The Balaban J connectivity index is 2.32. The highest BCUT2D eigenvalue weighted by Crippen LogP contribution is 2.46. The molecule has 0 heterocycles. The first kappa shape index (κ1) is 15.9. The fourth-order valence-electron chi connectivity index (χ4n) is 2.88. The van der Waals surface area contributed by atoms with E-state index in [4.69, 9.17) is 18.9 Å². The quantitative estimate of drug-likeness (QED) is 0.838. The van der Waals surface area contributed by atoms with E-state index in [1.165, 1.54) is 0 Å². The lowest BCUT2D eigenvalue weighted by Crippen LogP contribution is -2.40. The van der Waals surface area contributed by atoms with E-state index >= 15 is 0 Å². The van der Waals surface area contributed by atoms with Crippen molar-refractivity contribution in [1.29, 1.82) is 0 Å². The number of aliphatic hydroxyl groups is 1. The van der Waals surface area contributed by atoms with Gasteiger partial charge in [-0.15, -0.1) is 0 Å². The average Bonchev–Trinajstić information content (AvgIpc) is 2.48. The van der Waals surface area contributed by atoms with Crippen LogP contribution in [0.25, 0.3) is 0 Å². The molecule has 1 N–H and O–H groups in total. The maximum Gasteiger partial charge on any atom is 0.132 e. The summed E-state index contributed by atoms with van der Waals surface area (Å²) in [6.07, 6.45) is 2.91. The van der Waals surface area contributed by atoms with Crippen LogP contribution in [0.15, 0.2) is 12.1 Å². The van der Waals surface area contributed by atoms with Crippen LogP contribution in [0.4, 0.5) is 0 Å². The smallest absolute Gasteiger partial charge is 0.132 e. The Morgan fingerprint density at radius 3 is 1.95 bits per heavy atom. The first-order valence-electron chi connectivity index (χ1n) is 7.12. The maximum absolute atomic E-state index is 10.7. The minimum absolute atomic E-state index is 0.227. The molecule has 1 aromatic carbocycles. The van der Waals surface area contributed by atoms with Gasteiger partial charge in [0.1, 0.15) is 17.2 Å². The lowest BCUT2D eigenvalue weighted by Gasteiger charge is -2.42. The average molecular weight is 296 g/mol. The van der Waals surface area contributed by atoms with Crippen molar-refractivity contribution >= 4 is 0 Å². The monoisotopic (exact) mass is 296 g/mol. The van der Waals surface area contributed by atoms with Crippen LogP contribution in [0.3, 0.4) is 0 Å². The summed E-state index contributed by atoms with van der Waals surface area (Å²) in [4.78, 5) is 0. The summed E-state index contributed by atoms with van der Waals surface area (Å²) in [7, 11) is 6.42. The minimum Gasteiger partial charge on any atom is -0.496 e. The molecule has 0 amide bonds. The highest BCUT2D eigenvalue weighted by atomic mass is 16.5. The van der Waals surface area contributed by atoms with E-state index < -0.39 is 6.10 Å². The Labute approximate surface area is 125 Å². The van der Waals surface area contributed by atoms with Gasteiger partial charge in [-0.25, -0.2) is 0 Å². The van der Waals surface area contributed by atoms with Crippen molar-refractivity contribution in [2.75, 3.05) is 28.4 Å². The zero-order chi connectivity index (χ0) is 15.5. The summed E-state index contributed by atoms with van der Waals surface area (Å²) < 4.78 is 21.6. The van der Waals surface area contributed by atoms with Crippen molar-refractivity contribution in [2.45, 2.75) is 37.4 Å². The van der Waals surface area contributed by atoms with Gasteiger partial charge in [-0.2, -0.15) is 0 Å². The summed E-state index contributed by atoms with van der Waals surface area (Å²) in [5.74, 6) is 1.75. The fourth-order valence-corrected chi connectivity index (χ4v) is 2.88. The van der Waals surface area contributed by atoms with Crippen LogP contribution in [0.2, 0.25) is 0 Å². The third-order valence-electron chi connectivity index (χ3n) is 4.35. The first-order chi connectivity index (χ1) is 10.1. The van der Waals surface area contributed by atoms with Crippen molar-refractivity contribution in [1.82, 2.24) is 0 Å². The SMILES string of the molecule is COc1cc(OC)c(C(O)CC2(OC)CCC2)c(OC)c1. The molecule has 1 saturated carbocycles. The molecule has 5 nitrogen and oxygen atoms in total. The Morgan fingerprint density at radius 1 is 1.05 bits per heavy atom. The molecule has 1 aliphatic carbocycles. The molecule has 0 aliphatic heterocycles. The maximum atomic E-state index is 10.7. The topological polar surface area (TPSA) is 57.2 Å². The Kier molecular flexibility index (Phi) is 4.96. The molecule has 1 atom stereocenters. The van der Waals surface area contributed by atoms with E-state index in [2.05, 4.69) is 0 Å². The lowest BCUT2D eigenvalue weighted by atomic mass is 9.75. The van der Waals surface area contributed by atoms with Gasteiger partial charge in [0, 0.05) is 25.7 Å². The zero-order valence-corrected chi connectivity index (χ0v) is 13.1. The van der Waals surface area contributed by atoms with Gasteiger partial charge in [0.2, 0.25) is 0 Å². The van der Waals surface area contributed by atoms with Crippen LogP contribution in [-0.2, 0) is 4.74 Å². The standard InChI is InChI=1S/C16H24O5/c1-18-11-8-13(19-2)15(14(9-11)20-3)12(17)10-16(21-4)6-5-7-16/h8-9,12,17H,5-7,10H2,1-4H3. The number of ether oxygens (including phenoxy) is 4. The molecule has 1 unspecified atom stereocenters. The number of aliphatic hydroxyl groups excluding tert-OH is 1. The van der Waals surface area contributed by atoms with E-state index in [1.54, 1.807) is 40.6 Å². The van der Waals surface area contributed by atoms with Crippen LogP contribution in [0, 0.1) is 0 Å². The molecule has 2 rings (SSSR count). The molecule has 0 aromatic heterocycles. The third-order valence-corrected chi connectivity index (χ3v) is 4.35. The fraction of sp³-hybridized carbons (Fsp3) is 0.625. The Bertz CT molecular complexity index is 451. The largest absolute Gasteiger partial charge is 0.496 e. The summed E-state index contributed by atoms with van der Waals surface area (Å²) >= 11 is 0. The third kappa shape index (κ3) is 3.09. The summed E-state index contributed by atoms with van der Waals surface area (Å²) in [5, 5.41) is 10.7. The number of hydrogen-bond acceptors (Lipinski definition) is 5. The number of methoxy groups -OCH3 is 4. The Morgan fingerprint density at radius 2 is 1.62 bits per heavy atom. The predicted octanol–water partition coefficient (Wildman–Crippen LogP) is 2.71. The van der Waals surface area contributed by atoms with Gasteiger partial charge in [0.25, 0.3) is 0 Å². The van der Waals surface area contributed by atoms with Gasteiger partial charge >= 0.3 is 0 Å². The first-order valence-corrected chi connectivity index (χ1v) is 7.12. The normalized spacial score (nSPS) is 17.8. The second-order valence-electron chi connectivity index (χ2n) is 5.41. The number of rotatable bonds is 7. The minimum atomic E-state index is -0.707. The van der Waals surface area contributed by atoms with Crippen molar-refractivity contribution in [3.63, 3.8) is 0 Å². The van der Waals surface area contributed by atoms with Crippen molar-refractivity contribution in [2.24, 2.45) is 0 Å². The van der Waals surface area contributed by atoms with Gasteiger partial charge in [-0.3, -0.25) is 0 Å². The van der Waals surface area contributed by atoms with Crippen LogP contribution < -0.4 is 14.2 Å². The molecule has 21 heavy (non-hydrogen) atoms. The second-order valence-corrected chi connectivity index (χ2v) is 5.41. The molecular formula is C16H24O5. The van der Waals surface area contributed by atoms with Crippen molar-refractivity contribution < 1.29 is 24.1 Å².